The molecule has 1 heterocycles. The van der Waals surface area contributed by atoms with Gasteiger partial charge in [0.05, 0.1) is 0 Å². The molecule has 0 fully saturated rings. The molecule has 1 N–H and O–H groups in total. The van der Waals surface area contributed by atoms with Crippen LogP contribution in [0.2, 0.25) is 0 Å². The number of carbonyl (C=O) groups is 1. The molecule has 0 radical (unpaired) electrons. The van der Waals surface area contributed by atoms with Gasteiger partial charge >= 0.3 is 0 Å². The van der Waals surface area contributed by atoms with Gasteiger partial charge < -0.3 is 5.32 Å². The molecule has 2 rings (SSSR count). The van der Waals surface area contributed by atoms with E-state index in [2.05, 4.69) is 34.6 Å². The van der Waals surface area contributed by atoms with Gasteiger partial charge in [-0.15, -0.1) is 0 Å². The average Bonchev–Trinajstić information content (AvgIpc) is 2.52. The molecule has 0 atom stereocenters. The van der Waals surface area contributed by atoms with Crippen molar-refractivity contribution in [2.24, 2.45) is 0 Å². The van der Waals surface area contributed by atoms with Crippen molar-refractivity contribution in [1.29, 1.82) is 0 Å². The zero-order chi connectivity index (χ0) is 14.0. The van der Waals surface area contributed by atoms with E-state index in [0.717, 1.165) is 24.8 Å². The summed E-state index contributed by atoms with van der Waals surface area (Å²) in [6.45, 7) is 0.583. The molecule has 2 aromatic rings. The summed E-state index contributed by atoms with van der Waals surface area (Å²) < 4.78 is 0. The third-order valence-electron chi connectivity index (χ3n) is 3.20. The first-order valence-corrected chi connectivity index (χ1v) is 7.04. The van der Waals surface area contributed by atoms with E-state index in [1.165, 1.54) is 5.56 Å². The number of carbonyl (C=O) groups excluding carboxylic acids is 1. The summed E-state index contributed by atoms with van der Waals surface area (Å²) in [6, 6.07) is 14.2. The second-order valence-electron chi connectivity index (χ2n) is 4.82. The molecule has 20 heavy (non-hydrogen) atoms. The van der Waals surface area contributed by atoms with Crippen molar-refractivity contribution in [1.82, 2.24) is 10.3 Å². The summed E-state index contributed by atoms with van der Waals surface area (Å²) in [5, 5.41) is 2.93. The number of unbranched alkanes of at least 4 members (excludes halogenated alkanes) is 1. The first kappa shape index (κ1) is 14.3. The SMILES string of the molecule is O=C(CCCCc1ccccc1)NCc1ccncc1. The Balaban J connectivity index is 1.59. The number of nitrogens with zero attached hydrogens (tertiary/aromatic N) is 1. The van der Waals surface area contributed by atoms with Gasteiger partial charge in [-0.1, -0.05) is 30.3 Å². The number of hydrogen-bond acceptors (Lipinski definition) is 2. The minimum absolute atomic E-state index is 0.120. The second kappa shape index (κ2) is 8.10. The van der Waals surface area contributed by atoms with Crippen molar-refractivity contribution in [3.8, 4) is 0 Å². The Morgan fingerprint density at radius 3 is 2.45 bits per heavy atom. The monoisotopic (exact) mass is 268 g/mol. The van der Waals surface area contributed by atoms with Crippen LogP contribution >= 0.6 is 0 Å². The zero-order valence-corrected chi connectivity index (χ0v) is 11.6. The summed E-state index contributed by atoms with van der Waals surface area (Å²) >= 11 is 0. The molecule has 1 aromatic heterocycles. The molecule has 0 aliphatic rings. The largest absolute Gasteiger partial charge is 0.352 e. The van der Waals surface area contributed by atoms with Gasteiger partial charge in [-0.05, 0) is 42.5 Å². The molecule has 1 aromatic carbocycles. The zero-order valence-electron chi connectivity index (χ0n) is 11.6. The number of aryl methyl sites for hydroxylation is 1. The van der Waals surface area contributed by atoms with E-state index in [1.807, 2.05) is 18.2 Å². The highest BCUT2D eigenvalue weighted by atomic mass is 16.1. The predicted octanol–water partition coefficient (Wildman–Crippen LogP) is 3.11. The number of aromatic nitrogens is 1. The Bertz CT molecular complexity index is 511. The lowest BCUT2D eigenvalue weighted by molar-refractivity contribution is -0.121. The summed E-state index contributed by atoms with van der Waals surface area (Å²) in [5.74, 6) is 0.120. The Hall–Kier alpha value is -2.16. The number of pyridine rings is 1. The molecular weight excluding hydrogens is 248 g/mol. The molecular formula is C17H20N2O. The number of amides is 1. The Morgan fingerprint density at radius 1 is 0.950 bits per heavy atom. The quantitative estimate of drug-likeness (QED) is 0.784. The Kier molecular flexibility index (Phi) is 5.77. The first-order chi connectivity index (χ1) is 9.84. The molecule has 3 nitrogen and oxygen atoms in total. The predicted molar refractivity (Wildman–Crippen MR) is 80.1 cm³/mol. The van der Waals surface area contributed by atoms with Crippen LogP contribution in [0.4, 0.5) is 0 Å². The summed E-state index contributed by atoms with van der Waals surface area (Å²) in [5.41, 5.74) is 2.42. The normalized spacial score (nSPS) is 10.2. The van der Waals surface area contributed by atoms with Gasteiger partial charge in [0.25, 0.3) is 0 Å². The molecule has 0 saturated carbocycles. The maximum absolute atomic E-state index is 11.7. The van der Waals surface area contributed by atoms with Gasteiger partial charge in [0, 0.05) is 25.4 Å². The van der Waals surface area contributed by atoms with Crippen LogP contribution in [-0.4, -0.2) is 10.9 Å². The van der Waals surface area contributed by atoms with Gasteiger partial charge in [-0.25, -0.2) is 0 Å². The van der Waals surface area contributed by atoms with Crippen LogP contribution in [0.15, 0.2) is 54.9 Å². The van der Waals surface area contributed by atoms with Gasteiger partial charge in [-0.2, -0.15) is 0 Å². The molecule has 0 bridgehead atoms. The minimum Gasteiger partial charge on any atom is -0.352 e. The summed E-state index contributed by atoms with van der Waals surface area (Å²) in [7, 11) is 0. The molecule has 0 spiro atoms. The Morgan fingerprint density at radius 2 is 1.70 bits per heavy atom. The number of nitrogens with one attached hydrogen (secondary N) is 1. The second-order valence-corrected chi connectivity index (χ2v) is 4.82. The van der Waals surface area contributed by atoms with E-state index in [1.54, 1.807) is 12.4 Å². The number of hydrogen-bond donors (Lipinski definition) is 1. The van der Waals surface area contributed by atoms with Crippen molar-refractivity contribution in [3.63, 3.8) is 0 Å². The maximum Gasteiger partial charge on any atom is 0.220 e. The van der Waals surface area contributed by atoms with E-state index >= 15 is 0 Å². The molecule has 3 heteroatoms. The van der Waals surface area contributed by atoms with Crippen LogP contribution in [-0.2, 0) is 17.8 Å². The fourth-order valence-electron chi connectivity index (χ4n) is 2.05. The van der Waals surface area contributed by atoms with Gasteiger partial charge in [0.1, 0.15) is 0 Å². The van der Waals surface area contributed by atoms with Crippen molar-refractivity contribution < 1.29 is 4.79 Å². The smallest absolute Gasteiger partial charge is 0.220 e. The molecule has 0 unspecified atom stereocenters. The van der Waals surface area contributed by atoms with Crippen LogP contribution in [0.25, 0.3) is 0 Å². The van der Waals surface area contributed by atoms with Crippen molar-refractivity contribution in [2.75, 3.05) is 0 Å². The van der Waals surface area contributed by atoms with Crippen molar-refractivity contribution >= 4 is 5.91 Å². The van der Waals surface area contributed by atoms with E-state index in [9.17, 15) is 4.79 Å². The fourth-order valence-corrected chi connectivity index (χ4v) is 2.05. The lowest BCUT2D eigenvalue weighted by Gasteiger charge is -2.05. The van der Waals surface area contributed by atoms with Crippen LogP contribution in [0.1, 0.15) is 30.4 Å². The molecule has 0 aliphatic carbocycles. The molecule has 0 aliphatic heterocycles. The third-order valence-corrected chi connectivity index (χ3v) is 3.20. The summed E-state index contributed by atoms with van der Waals surface area (Å²) in [6.07, 6.45) is 7.09. The highest BCUT2D eigenvalue weighted by molar-refractivity contribution is 5.75. The maximum atomic E-state index is 11.7. The lowest BCUT2D eigenvalue weighted by Crippen LogP contribution is -2.22. The van der Waals surface area contributed by atoms with Crippen LogP contribution in [0.5, 0.6) is 0 Å². The lowest BCUT2D eigenvalue weighted by atomic mass is 10.1. The van der Waals surface area contributed by atoms with Crippen LogP contribution in [0, 0.1) is 0 Å². The molecule has 1 amide bonds. The Labute approximate surface area is 120 Å². The van der Waals surface area contributed by atoms with E-state index in [-0.39, 0.29) is 5.91 Å². The third kappa shape index (κ3) is 5.22. The van der Waals surface area contributed by atoms with E-state index in [0.29, 0.717) is 13.0 Å². The van der Waals surface area contributed by atoms with Crippen LogP contribution < -0.4 is 5.32 Å². The average molecular weight is 268 g/mol. The molecule has 0 saturated heterocycles. The van der Waals surface area contributed by atoms with Crippen molar-refractivity contribution in [2.45, 2.75) is 32.2 Å². The fraction of sp³-hybridized carbons (Fsp3) is 0.294. The topological polar surface area (TPSA) is 42.0 Å². The van der Waals surface area contributed by atoms with E-state index in [4.69, 9.17) is 0 Å². The van der Waals surface area contributed by atoms with Gasteiger partial charge in [0.15, 0.2) is 0 Å². The van der Waals surface area contributed by atoms with Crippen LogP contribution in [0.3, 0.4) is 0 Å². The highest BCUT2D eigenvalue weighted by Crippen LogP contribution is 2.06. The highest BCUT2D eigenvalue weighted by Gasteiger charge is 2.01. The first-order valence-electron chi connectivity index (χ1n) is 7.04. The number of rotatable bonds is 7. The summed E-state index contributed by atoms with van der Waals surface area (Å²) in [4.78, 5) is 15.7. The standard InChI is InChI=1S/C17H20N2O/c20-17(19-14-16-10-12-18-13-11-16)9-5-4-8-15-6-2-1-3-7-15/h1-3,6-7,10-13H,4-5,8-9,14H2,(H,19,20). The minimum atomic E-state index is 0.120. The van der Waals surface area contributed by atoms with E-state index < -0.39 is 0 Å². The van der Waals surface area contributed by atoms with Crippen molar-refractivity contribution in [3.05, 3.63) is 66.0 Å². The molecule has 104 valence electrons. The van der Waals surface area contributed by atoms with Gasteiger partial charge in [0.2, 0.25) is 5.91 Å². The van der Waals surface area contributed by atoms with Gasteiger partial charge in [-0.3, -0.25) is 9.78 Å². The number of benzene rings is 1.